The van der Waals surface area contributed by atoms with Crippen molar-refractivity contribution in [3.63, 3.8) is 0 Å². The van der Waals surface area contributed by atoms with Gasteiger partial charge in [-0.3, -0.25) is 9.48 Å². The normalized spacial score (nSPS) is 10.6. The van der Waals surface area contributed by atoms with Gasteiger partial charge in [0.2, 0.25) is 5.78 Å². The van der Waals surface area contributed by atoms with Crippen molar-refractivity contribution in [1.82, 2.24) is 15.0 Å². The Kier molecular flexibility index (Phi) is 3.96. The first-order valence-corrected chi connectivity index (χ1v) is 5.97. The number of rotatable bonds is 4. The van der Waals surface area contributed by atoms with Crippen LogP contribution in [0, 0.1) is 0 Å². The van der Waals surface area contributed by atoms with Crippen LogP contribution in [0.3, 0.4) is 0 Å². The second-order valence-corrected chi connectivity index (χ2v) is 4.45. The van der Waals surface area contributed by atoms with Gasteiger partial charge >= 0.3 is 0 Å². The summed E-state index contributed by atoms with van der Waals surface area (Å²) in [7, 11) is 0. The van der Waals surface area contributed by atoms with Gasteiger partial charge in [-0.1, -0.05) is 28.4 Å². The van der Waals surface area contributed by atoms with Crippen molar-refractivity contribution in [3.05, 3.63) is 45.7 Å². The van der Waals surface area contributed by atoms with E-state index < -0.39 is 0 Å². The highest BCUT2D eigenvalue weighted by molar-refractivity contribution is 6.36. The number of carbonyl (C=O) groups excluding carboxylic acids is 1. The molecule has 1 aromatic carbocycles. The molecule has 1 aromatic heterocycles. The predicted octanol–water partition coefficient (Wildman–Crippen LogP) is 1.77. The number of ketones is 1. The van der Waals surface area contributed by atoms with Gasteiger partial charge in [0.05, 0.1) is 17.8 Å². The van der Waals surface area contributed by atoms with Crippen molar-refractivity contribution in [1.29, 1.82) is 0 Å². The second-order valence-electron chi connectivity index (χ2n) is 3.61. The highest BCUT2D eigenvalue weighted by atomic mass is 35.5. The quantitative estimate of drug-likeness (QED) is 0.869. The van der Waals surface area contributed by atoms with Gasteiger partial charge in [-0.2, -0.15) is 0 Å². The molecule has 0 aliphatic rings. The molecule has 2 aromatic rings. The van der Waals surface area contributed by atoms with E-state index in [4.69, 9.17) is 28.9 Å². The molecule has 7 heteroatoms. The van der Waals surface area contributed by atoms with Crippen molar-refractivity contribution < 1.29 is 4.79 Å². The van der Waals surface area contributed by atoms with Gasteiger partial charge in [0.1, 0.15) is 0 Å². The van der Waals surface area contributed by atoms with Crippen molar-refractivity contribution >= 4 is 29.0 Å². The molecule has 0 saturated carbocycles. The molecular weight excluding hydrogens is 275 g/mol. The van der Waals surface area contributed by atoms with Crippen LogP contribution >= 0.6 is 23.2 Å². The van der Waals surface area contributed by atoms with Gasteiger partial charge in [0, 0.05) is 17.1 Å². The Bertz CT molecular complexity index is 582. The molecule has 0 aliphatic heterocycles. The maximum absolute atomic E-state index is 12.1. The lowest BCUT2D eigenvalue weighted by atomic mass is 10.1. The Balaban J connectivity index is 2.32. The van der Waals surface area contributed by atoms with Gasteiger partial charge < -0.3 is 5.73 Å². The van der Waals surface area contributed by atoms with Crippen LogP contribution in [0.4, 0.5) is 0 Å². The van der Waals surface area contributed by atoms with E-state index in [1.54, 1.807) is 12.1 Å². The lowest BCUT2D eigenvalue weighted by molar-refractivity contribution is 0.103. The zero-order chi connectivity index (χ0) is 13.1. The number of carbonyl (C=O) groups is 1. The number of benzene rings is 1. The van der Waals surface area contributed by atoms with Gasteiger partial charge in [-0.05, 0) is 18.2 Å². The fraction of sp³-hybridized carbons (Fsp3) is 0.182. The number of nitrogens with two attached hydrogens (primary N) is 1. The van der Waals surface area contributed by atoms with E-state index in [0.717, 1.165) is 0 Å². The maximum Gasteiger partial charge on any atom is 0.216 e. The van der Waals surface area contributed by atoms with Crippen LogP contribution in [0.1, 0.15) is 16.1 Å². The van der Waals surface area contributed by atoms with E-state index in [2.05, 4.69) is 10.3 Å². The minimum atomic E-state index is -0.314. The predicted molar refractivity (Wildman–Crippen MR) is 69.0 cm³/mol. The monoisotopic (exact) mass is 284 g/mol. The Morgan fingerprint density at radius 1 is 1.39 bits per heavy atom. The van der Waals surface area contributed by atoms with Crippen LogP contribution in [0.25, 0.3) is 0 Å². The smallest absolute Gasteiger partial charge is 0.216 e. The van der Waals surface area contributed by atoms with E-state index in [-0.39, 0.29) is 11.5 Å². The molecule has 0 spiro atoms. The third kappa shape index (κ3) is 2.69. The zero-order valence-electron chi connectivity index (χ0n) is 9.31. The van der Waals surface area contributed by atoms with Gasteiger partial charge in [0.15, 0.2) is 5.69 Å². The van der Waals surface area contributed by atoms with Crippen molar-refractivity contribution in [2.45, 2.75) is 6.54 Å². The highest BCUT2D eigenvalue weighted by Crippen LogP contribution is 2.22. The first-order valence-electron chi connectivity index (χ1n) is 5.22. The fourth-order valence-electron chi connectivity index (χ4n) is 1.45. The minimum absolute atomic E-state index is 0.215. The average Bonchev–Trinajstić information content (AvgIpc) is 2.80. The van der Waals surface area contributed by atoms with Crippen molar-refractivity contribution in [3.8, 4) is 0 Å². The molecular formula is C11H10Cl2N4O. The molecule has 18 heavy (non-hydrogen) atoms. The molecule has 1 heterocycles. The topological polar surface area (TPSA) is 73.8 Å². The molecule has 0 radical (unpaired) electrons. The minimum Gasteiger partial charge on any atom is -0.329 e. The molecule has 2 rings (SSSR count). The van der Waals surface area contributed by atoms with Crippen LogP contribution in [-0.2, 0) is 6.54 Å². The van der Waals surface area contributed by atoms with E-state index in [1.807, 2.05) is 0 Å². The Morgan fingerprint density at radius 2 is 2.17 bits per heavy atom. The first-order chi connectivity index (χ1) is 8.61. The Hall–Kier alpha value is -1.43. The number of hydrogen-bond acceptors (Lipinski definition) is 4. The highest BCUT2D eigenvalue weighted by Gasteiger charge is 2.16. The summed E-state index contributed by atoms with van der Waals surface area (Å²) in [6.45, 7) is 0.929. The molecule has 0 unspecified atom stereocenters. The summed E-state index contributed by atoms with van der Waals surface area (Å²) in [6.07, 6.45) is 1.53. The average molecular weight is 285 g/mol. The molecule has 0 atom stereocenters. The lowest BCUT2D eigenvalue weighted by Gasteiger charge is -2.01. The second kappa shape index (κ2) is 5.48. The number of hydrogen-bond donors (Lipinski definition) is 1. The summed E-state index contributed by atoms with van der Waals surface area (Å²) >= 11 is 11.8. The molecule has 2 N–H and O–H groups in total. The molecule has 5 nitrogen and oxygen atoms in total. The van der Waals surface area contributed by atoms with Crippen molar-refractivity contribution in [2.75, 3.05) is 6.54 Å². The molecule has 94 valence electrons. The fourth-order valence-corrected chi connectivity index (χ4v) is 1.83. The number of aromatic nitrogens is 3. The summed E-state index contributed by atoms with van der Waals surface area (Å²) in [5.74, 6) is -0.314. The van der Waals surface area contributed by atoms with E-state index in [1.165, 1.54) is 16.9 Å². The largest absolute Gasteiger partial charge is 0.329 e. The molecule has 0 aliphatic carbocycles. The summed E-state index contributed by atoms with van der Waals surface area (Å²) in [5.41, 5.74) is 5.91. The Labute approximate surface area is 113 Å². The molecule has 0 fully saturated rings. The molecule has 0 saturated heterocycles. The van der Waals surface area contributed by atoms with Crippen molar-refractivity contribution in [2.24, 2.45) is 5.73 Å². The third-order valence-corrected chi connectivity index (χ3v) is 2.87. The standard InChI is InChI=1S/C11H10Cl2N4O/c12-7-1-2-9(13)8(5-7)11(18)10-6-17(4-3-14)16-15-10/h1-2,5-6H,3-4,14H2. The summed E-state index contributed by atoms with van der Waals surface area (Å²) in [5, 5.41) is 8.36. The number of halogens is 2. The van der Waals surface area contributed by atoms with Gasteiger partial charge in [0.25, 0.3) is 0 Å². The van der Waals surface area contributed by atoms with E-state index in [0.29, 0.717) is 28.7 Å². The third-order valence-electron chi connectivity index (χ3n) is 2.30. The van der Waals surface area contributed by atoms with E-state index in [9.17, 15) is 4.79 Å². The molecule has 0 bridgehead atoms. The zero-order valence-corrected chi connectivity index (χ0v) is 10.8. The maximum atomic E-state index is 12.1. The Morgan fingerprint density at radius 3 is 2.89 bits per heavy atom. The number of nitrogens with zero attached hydrogens (tertiary/aromatic N) is 3. The van der Waals surface area contributed by atoms with Gasteiger partial charge in [-0.25, -0.2) is 0 Å². The molecule has 0 amide bonds. The van der Waals surface area contributed by atoms with Gasteiger partial charge in [-0.15, -0.1) is 5.10 Å². The van der Waals surface area contributed by atoms with Crippen LogP contribution in [0.15, 0.2) is 24.4 Å². The summed E-state index contributed by atoms with van der Waals surface area (Å²) < 4.78 is 1.51. The SMILES string of the molecule is NCCn1cc(C(=O)c2cc(Cl)ccc2Cl)nn1. The summed E-state index contributed by atoms with van der Waals surface area (Å²) in [6, 6.07) is 4.70. The van der Waals surface area contributed by atoms with Crippen LogP contribution in [0.2, 0.25) is 10.0 Å². The van der Waals surface area contributed by atoms with Crippen LogP contribution < -0.4 is 5.73 Å². The summed E-state index contributed by atoms with van der Waals surface area (Å²) in [4.78, 5) is 12.1. The van der Waals surface area contributed by atoms with Crippen LogP contribution in [0.5, 0.6) is 0 Å². The van der Waals surface area contributed by atoms with Crippen LogP contribution in [-0.4, -0.2) is 27.3 Å². The first kappa shape index (κ1) is 13.0. The van der Waals surface area contributed by atoms with E-state index >= 15 is 0 Å². The lowest BCUT2D eigenvalue weighted by Crippen LogP contribution is -2.10.